The van der Waals surface area contributed by atoms with Crippen LogP contribution >= 0.6 is 0 Å². The summed E-state index contributed by atoms with van der Waals surface area (Å²) >= 11 is 0. The minimum atomic E-state index is 0.267. The second kappa shape index (κ2) is 5.74. The average Bonchev–Trinajstić information content (AvgIpc) is 2.36. The molecule has 0 atom stereocenters. The first-order valence-corrected chi connectivity index (χ1v) is 7.12. The largest absolute Gasteiger partial charge is 0.369 e. The van der Waals surface area contributed by atoms with Crippen LogP contribution in [0, 0.1) is 5.41 Å². The van der Waals surface area contributed by atoms with Crippen molar-refractivity contribution in [1.29, 1.82) is 0 Å². The molecule has 0 spiro atoms. The van der Waals surface area contributed by atoms with Crippen molar-refractivity contribution in [3.8, 4) is 0 Å². The van der Waals surface area contributed by atoms with E-state index in [0.29, 0.717) is 5.95 Å². The van der Waals surface area contributed by atoms with Crippen LogP contribution < -0.4 is 16.4 Å². The molecule has 0 fully saturated rings. The number of fused-ring (bicyclic) bond motifs is 1. The lowest BCUT2D eigenvalue weighted by Crippen LogP contribution is -2.29. The molecule has 106 valence electrons. The van der Waals surface area contributed by atoms with Crippen molar-refractivity contribution >= 4 is 11.8 Å². The highest BCUT2D eigenvalue weighted by Crippen LogP contribution is 2.25. The Labute approximate surface area is 115 Å². The first-order chi connectivity index (χ1) is 9.02. The lowest BCUT2D eigenvalue weighted by atomic mass is 9.88. The van der Waals surface area contributed by atoms with Gasteiger partial charge in [0, 0.05) is 31.6 Å². The molecule has 1 aromatic heterocycles. The summed E-state index contributed by atoms with van der Waals surface area (Å²) in [7, 11) is 0. The maximum Gasteiger partial charge on any atom is 0.222 e. The first kappa shape index (κ1) is 14.1. The van der Waals surface area contributed by atoms with Gasteiger partial charge in [0.05, 0.1) is 5.69 Å². The maximum atomic E-state index is 5.80. The molecule has 4 N–H and O–H groups in total. The predicted molar refractivity (Wildman–Crippen MR) is 79.0 cm³/mol. The van der Waals surface area contributed by atoms with E-state index in [2.05, 4.69) is 41.4 Å². The van der Waals surface area contributed by atoms with Gasteiger partial charge in [-0.3, -0.25) is 0 Å². The summed E-state index contributed by atoms with van der Waals surface area (Å²) in [6, 6.07) is 0. The fourth-order valence-corrected chi connectivity index (χ4v) is 2.60. The Hall–Kier alpha value is -1.36. The van der Waals surface area contributed by atoms with Crippen LogP contribution in [0.5, 0.6) is 0 Å². The van der Waals surface area contributed by atoms with Gasteiger partial charge in [-0.05, 0) is 11.8 Å². The summed E-state index contributed by atoms with van der Waals surface area (Å²) in [5.74, 6) is 1.27. The maximum absolute atomic E-state index is 5.80. The van der Waals surface area contributed by atoms with Gasteiger partial charge in [-0.1, -0.05) is 27.2 Å². The Morgan fingerprint density at radius 2 is 2.16 bits per heavy atom. The second-order valence-corrected chi connectivity index (χ2v) is 6.05. The molecular formula is C14H25N5. The third-order valence-corrected chi connectivity index (χ3v) is 3.61. The van der Waals surface area contributed by atoms with Gasteiger partial charge in [0.1, 0.15) is 5.82 Å². The lowest BCUT2D eigenvalue weighted by molar-refractivity contribution is 0.354. The third-order valence-electron chi connectivity index (χ3n) is 3.61. The molecule has 0 saturated carbocycles. The van der Waals surface area contributed by atoms with Gasteiger partial charge >= 0.3 is 0 Å². The van der Waals surface area contributed by atoms with E-state index in [0.717, 1.165) is 37.6 Å². The van der Waals surface area contributed by atoms with Crippen molar-refractivity contribution in [3.63, 3.8) is 0 Å². The monoisotopic (exact) mass is 263 g/mol. The zero-order chi connectivity index (χ0) is 13.9. The number of aromatic nitrogens is 2. The fraction of sp³-hybridized carbons (Fsp3) is 0.714. The van der Waals surface area contributed by atoms with Crippen LogP contribution in [0.15, 0.2) is 0 Å². The molecule has 0 bridgehead atoms. The molecule has 1 aliphatic rings. The highest BCUT2D eigenvalue weighted by atomic mass is 15.1. The van der Waals surface area contributed by atoms with Crippen molar-refractivity contribution in [2.45, 2.75) is 46.6 Å². The smallest absolute Gasteiger partial charge is 0.222 e. The number of anilines is 2. The van der Waals surface area contributed by atoms with Crippen molar-refractivity contribution in [2.75, 3.05) is 24.1 Å². The molecular weight excluding hydrogens is 238 g/mol. The normalized spacial score (nSPS) is 15.1. The van der Waals surface area contributed by atoms with E-state index in [1.807, 2.05) is 0 Å². The molecule has 0 aromatic carbocycles. The third kappa shape index (κ3) is 3.56. The molecule has 0 amide bonds. The number of nitrogens with two attached hydrogens (primary N) is 1. The van der Waals surface area contributed by atoms with Gasteiger partial charge < -0.3 is 16.4 Å². The summed E-state index contributed by atoms with van der Waals surface area (Å²) in [6.07, 6.45) is 3.32. The molecule has 1 aromatic rings. The minimum Gasteiger partial charge on any atom is -0.369 e. The van der Waals surface area contributed by atoms with E-state index in [-0.39, 0.29) is 5.41 Å². The summed E-state index contributed by atoms with van der Waals surface area (Å²) < 4.78 is 0. The van der Waals surface area contributed by atoms with E-state index in [1.54, 1.807) is 0 Å². The molecule has 2 heterocycles. The van der Waals surface area contributed by atoms with Crippen molar-refractivity contribution in [1.82, 2.24) is 15.3 Å². The van der Waals surface area contributed by atoms with Crippen LogP contribution in [0.3, 0.4) is 0 Å². The number of rotatable bonds is 5. The highest BCUT2D eigenvalue weighted by molar-refractivity contribution is 5.50. The van der Waals surface area contributed by atoms with E-state index < -0.39 is 0 Å². The van der Waals surface area contributed by atoms with Crippen molar-refractivity contribution < 1.29 is 0 Å². The summed E-state index contributed by atoms with van der Waals surface area (Å²) in [5.41, 5.74) is 8.32. The standard InChI is InChI=1S/C14H25N5/c1-4-6-14(2,3)9-17-12-10-8-16-7-5-11(10)18-13(15)19-12/h16H,4-9H2,1-3H3,(H3,15,17,18,19). The van der Waals surface area contributed by atoms with Crippen LogP contribution in [0.4, 0.5) is 11.8 Å². The molecule has 0 radical (unpaired) electrons. The van der Waals surface area contributed by atoms with Gasteiger partial charge in [-0.2, -0.15) is 4.98 Å². The van der Waals surface area contributed by atoms with Crippen molar-refractivity contribution in [3.05, 3.63) is 11.3 Å². The number of hydrogen-bond acceptors (Lipinski definition) is 5. The number of nitrogens with one attached hydrogen (secondary N) is 2. The molecule has 1 aliphatic heterocycles. The van der Waals surface area contributed by atoms with Crippen LogP contribution in [0.2, 0.25) is 0 Å². The topological polar surface area (TPSA) is 75.9 Å². The molecule has 2 rings (SSSR count). The quantitative estimate of drug-likeness (QED) is 0.757. The zero-order valence-electron chi connectivity index (χ0n) is 12.2. The van der Waals surface area contributed by atoms with Crippen LogP contribution in [-0.4, -0.2) is 23.1 Å². The number of hydrogen-bond donors (Lipinski definition) is 3. The molecule has 5 nitrogen and oxygen atoms in total. The number of nitrogen functional groups attached to an aromatic ring is 1. The van der Waals surface area contributed by atoms with E-state index in [4.69, 9.17) is 5.73 Å². The Kier molecular flexibility index (Phi) is 4.24. The zero-order valence-corrected chi connectivity index (χ0v) is 12.2. The average molecular weight is 263 g/mol. The molecule has 0 aliphatic carbocycles. The molecule has 0 saturated heterocycles. The van der Waals surface area contributed by atoms with Gasteiger partial charge in [0.25, 0.3) is 0 Å². The Balaban J connectivity index is 2.14. The summed E-state index contributed by atoms with van der Waals surface area (Å²) in [4.78, 5) is 8.71. The Morgan fingerprint density at radius 1 is 1.37 bits per heavy atom. The highest BCUT2D eigenvalue weighted by Gasteiger charge is 2.20. The SMILES string of the molecule is CCCC(C)(C)CNc1nc(N)nc2c1CNCC2. The Morgan fingerprint density at radius 3 is 2.89 bits per heavy atom. The predicted octanol–water partition coefficient (Wildman–Crippen LogP) is 1.94. The van der Waals surface area contributed by atoms with Crippen LogP contribution in [-0.2, 0) is 13.0 Å². The van der Waals surface area contributed by atoms with E-state index in [9.17, 15) is 0 Å². The number of nitrogens with zero attached hydrogens (tertiary/aromatic N) is 2. The first-order valence-electron chi connectivity index (χ1n) is 7.12. The fourth-order valence-electron chi connectivity index (χ4n) is 2.60. The Bertz CT molecular complexity index is 442. The van der Waals surface area contributed by atoms with Gasteiger partial charge in [-0.25, -0.2) is 4.98 Å². The molecule has 0 unspecified atom stereocenters. The second-order valence-electron chi connectivity index (χ2n) is 6.05. The van der Waals surface area contributed by atoms with Gasteiger partial charge in [0.15, 0.2) is 0 Å². The van der Waals surface area contributed by atoms with Gasteiger partial charge in [-0.15, -0.1) is 0 Å². The van der Waals surface area contributed by atoms with E-state index >= 15 is 0 Å². The summed E-state index contributed by atoms with van der Waals surface area (Å²) in [5, 5.41) is 6.83. The van der Waals surface area contributed by atoms with Crippen LogP contribution in [0.1, 0.15) is 44.9 Å². The molecule has 19 heavy (non-hydrogen) atoms. The van der Waals surface area contributed by atoms with Gasteiger partial charge in [0.2, 0.25) is 5.95 Å². The van der Waals surface area contributed by atoms with Crippen molar-refractivity contribution in [2.24, 2.45) is 5.41 Å². The minimum absolute atomic E-state index is 0.267. The summed E-state index contributed by atoms with van der Waals surface area (Å²) in [6.45, 7) is 9.47. The van der Waals surface area contributed by atoms with Crippen LogP contribution in [0.25, 0.3) is 0 Å². The molecule has 5 heteroatoms. The van der Waals surface area contributed by atoms with E-state index in [1.165, 1.54) is 18.4 Å². The lowest BCUT2D eigenvalue weighted by Gasteiger charge is -2.26.